The summed E-state index contributed by atoms with van der Waals surface area (Å²) in [5, 5.41) is 12.0. The average molecular weight is 310 g/mol. The van der Waals surface area contributed by atoms with Crippen molar-refractivity contribution in [2.24, 2.45) is 0 Å². The maximum atomic E-state index is 8.74. The summed E-state index contributed by atoms with van der Waals surface area (Å²) < 4.78 is 1.10. The number of nitriles is 1. The van der Waals surface area contributed by atoms with Crippen LogP contribution in [0.15, 0.2) is 22.7 Å². The van der Waals surface area contributed by atoms with Crippen LogP contribution in [-0.4, -0.2) is 20.1 Å². The Morgan fingerprint density at radius 3 is 2.61 bits per heavy atom. The molecule has 0 aliphatic rings. The summed E-state index contributed by atoms with van der Waals surface area (Å²) in [5.74, 6) is 0. The van der Waals surface area contributed by atoms with Crippen molar-refractivity contribution in [2.75, 3.05) is 19.0 Å². The van der Waals surface area contributed by atoms with E-state index in [0.717, 1.165) is 10.2 Å². The highest BCUT2D eigenvalue weighted by Gasteiger charge is 2.13. The van der Waals surface area contributed by atoms with Gasteiger partial charge in [0, 0.05) is 29.3 Å². The fraction of sp³-hybridized carbons (Fsp3) is 0.500. The lowest BCUT2D eigenvalue weighted by atomic mass is 10.1. The van der Waals surface area contributed by atoms with Crippen molar-refractivity contribution >= 4 is 21.6 Å². The van der Waals surface area contributed by atoms with E-state index in [-0.39, 0.29) is 6.04 Å². The van der Waals surface area contributed by atoms with Gasteiger partial charge in [-0.1, -0.05) is 22.0 Å². The molecule has 1 N–H and O–H groups in total. The molecular weight excluding hydrogens is 290 g/mol. The summed E-state index contributed by atoms with van der Waals surface area (Å²) in [4.78, 5) is 2.13. The van der Waals surface area contributed by atoms with Gasteiger partial charge in [-0.05, 0) is 38.6 Å². The Morgan fingerprint density at radius 2 is 2.11 bits per heavy atom. The van der Waals surface area contributed by atoms with Gasteiger partial charge in [0.05, 0.1) is 12.5 Å². The minimum atomic E-state index is 0.217. The van der Waals surface area contributed by atoms with Crippen LogP contribution in [0.25, 0.3) is 0 Å². The highest BCUT2D eigenvalue weighted by atomic mass is 79.9. The summed E-state index contributed by atoms with van der Waals surface area (Å²) in [6.45, 7) is 4.18. The summed E-state index contributed by atoms with van der Waals surface area (Å²) in [7, 11) is 3.97. The number of benzene rings is 1. The Kier molecular flexibility index (Phi) is 5.64. The molecule has 0 aromatic heterocycles. The van der Waals surface area contributed by atoms with Gasteiger partial charge in [-0.25, -0.2) is 0 Å². The number of hydrogen-bond donors (Lipinski definition) is 1. The quantitative estimate of drug-likeness (QED) is 0.905. The predicted octanol–water partition coefficient (Wildman–Crippen LogP) is 3.47. The van der Waals surface area contributed by atoms with Crippen LogP contribution < -0.4 is 10.2 Å². The lowest BCUT2D eigenvalue weighted by Gasteiger charge is -2.26. The van der Waals surface area contributed by atoms with Crippen LogP contribution in [-0.2, 0) is 0 Å². The third kappa shape index (κ3) is 3.47. The topological polar surface area (TPSA) is 39.1 Å². The number of halogens is 1. The van der Waals surface area contributed by atoms with Crippen molar-refractivity contribution in [3.8, 4) is 6.07 Å². The second-order valence-electron chi connectivity index (χ2n) is 4.54. The van der Waals surface area contributed by atoms with Crippen LogP contribution in [0.2, 0.25) is 0 Å². The van der Waals surface area contributed by atoms with E-state index in [2.05, 4.69) is 64.3 Å². The van der Waals surface area contributed by atoms with Gasteiger partial charge < -0.3 is 10.2 Å². The third-order valence-electron chi connectivity index (χ3n) is 3.34. The number of hydrogen-bond acceptors (Lipinski definition) is 3. The molecule has 98 valence electrons. The minimum Gasteiger partial charge on any atom is -0.371 e. The minimum absolute atomic E-state index is 0.217. The first-order chi connectivity index (χ1) is 8.51. The van der Waals surface area contributed by atoms with Crippen molar-refractivity contribution < 1.29 is 0 Å². The molecule has 0 bridgehead atoms. The summed E-state index contributed by atoms with van der Waals surface area (Å²) in [6, 6.07) is 9.07. The maximum absolute atomic E-state index is 8.74. The number of rotatable bonds is 5. The lowest BCUT2D eigenvalue weighted by Crippen LogP contribution is -2.28. The Balaban J connectivity index is 2.94. The molecule has 0 radical (unpaired) electrons. The van der Waals surface area contributed by atoms with Crippen molar-refractivity contribution in [2.45, 2.75) is 32.4 Å². The molecule has 0 saturated heterocycles. The van der Waals surface area contributed by atoms with Gasteiger partial charge in [-0.15, -0.1) is 0 Å². The van der Waals surface area contributed by atoms with Crippen LogP contribution >= 0.6 is 15.9 Å². The average Bonchev–Trinajstić information content (AvgIpc) is 2.37. The number of anilines is 1. The van der Waals surface area contributed by atoms with Crippen LogP contribution in [0.5, 0.6) is 0 Å². The summed E-state index contributed by atoms with van der Waals surface area (Å²) in [6.07, 6.45) is 0.531. The molecule has 1 aromatic rings. The van der Waals surface area contributed by atoms with E-state index in [1.807, 2.05) is 14.1 Å². The van der Waals surface area contributed by atoms with E-state index in [4.69, 9.17) is 5.26 Å². The van der Waals surface area contributed by atoms with Crippen LogP contribution in [0.1, 0.15) is 31.9 Å². The zero-order valence-electron chi connectivity index (χ0n) is 11.4. The van der Waals surface area contributed by atoms with Crippen LogP contribution in [0.4, 0.5) is 5.69 Å². The normalized spacial score (nSPS) is 13.8. The fourth-order valence-electron chi connectivity index (χ4n) is 1.77. The largest absolute Gasteiger partial charge is 0.371 e. The van der Waals surface area contributed by atoms with Gasteiger partial charge in [-0.2, -0.15) is 5.26 Å². The highest BCUT2D eigenvalue weighted by Crippen LogP contribution is 2.28. The zero-order chi connectivity index (χ0) is 13.7. The van der Waals surface area contributed by atoms with E-state index in [1.165, 1.54) is 5.56 Å². The molecule has 0 heterocycles. The molecule has 0 fully saturated rings. The first-order valence-corrected chi connectivity index (χ1v) is 6.87. The molecule has 0 spiro atoms. The molecule has 1 rings (SSSR count). The molecular formula is C14H20BrN3. The molecule has 0 saturated carbocycles. The molecule has 3 nitrogen and oxygen atoms in total. The maximum Gasteiger partial charge on any atom is 0.0643 e. The predicted molar refractivity (Wildman–Crippen MR) is 79.7 cm³/mol. The van der Waals surface area contributed by atoms with Crippen LogP contribution in [0.3, 0.4) is 0 Å². The molecule has 0 aliphatic heterocycles. The lowest BCUT2D eigenvalue weighted by molar-refractivity contribution is 0.648. The molecule has 2 atom stereocenters. The van der Waals surface area contributed by atoms with Gasteiger partial charge in [0.15, 0.2) is 0 Å². The van der Waals surface area contributed by atoms with Crippen molar-refractivity contribution in [3.05, 3.63) is 28.2 Å². The Labute approximate surface area is 118 Å². The smallest absolute Gasteiger partial charge is 0.0643 e. The van der Waals surface area contributed by atoms with E-state index < -0.39 is 0 Å². The molecule has 0 aliphatic carbocycles. The van der Waals surface area contributed by atoms with E-state index in [0.29, 0.717) is 12.5 Å². The van der Waals surface area contributed by atoms with Gasteiger partial charge in [0.2, 0.25) is 0 Å². The first-order valence-electron chi connectivity index (χ1n) is 6.07. The number of nitrogens with zero attached hydrogens (tertiary/aromatic N) is 2. The fourth-order valence-corrected chi connectivity index (χ4v) is 2.48. The van der Waals surface area contributed by atoms with Gasteiger partial charge in [0.1, 0.15) is 0 Å². The van der Waals surface area contributed by atoms with Gasteiger partial charge in [-0.3, -0.25) is 0 Å². The van der Waals surface area contributed by atoms with E-state index in [1.54, 1.807) is 0 Å². The van der Waals surface area contributed by atoms with Crippen molar-refractivity contribution in [1.29, 1.82) is 5.26 Å². The van der Waals surface area contributed by atoms with E-state index in [9.17, 15) is 0 Å². The Morgan fingerprint density at radius 1 is 1.44 bits per heavy atom. The van der Waals surface area contributed by atoms with Gasteiger partial charge in [0.25, 0.3) is 0 Å². The molecule has 1 aromatic carbocycles. The molecule has 0 amide bonds. The molecule has 2 unspecified atom stereocenters. The molecule has 4 heteroatoms. The second-order valence-corrected chi connectivity index (χ2v) is 5.39. The van der Waals surface area contributed by atoms with Crippen LogP contribution in [0, 0.1) is 11.3 Å². The zero-order valence-corrected chi connectivity index (χ0v) is 13.0. The Hall–Kier alpha value is -1.05. The second kappa shape index (κ2) is 6.77. The molecule has 18 heavy (non-hydrogen) atoms. The standard InChI is InChI=1S/C14H20BrN3/c1-10(7-8-16)18(4)12-5-6-13(11(2)17-3)14(15)9-12/h5-6,9-11,17H,7H2,1-4H3. The first kappa shape index (κ1) is 15.0. The summed E-state index contributed by atoms with van der Waals surface area (Å²) in [5.41, 5.74) is 2.36. The SMILES string of the molecule is CNC(C)c1ccc(N(C)C(C)CC#N)cc1Br. The monoisotopic (exact) mass is 309 g/mol. The van der Waals surface area contributed by atoms with Crippen molar-refractivity contribution in [3.63, 3.8) is 0 Å². The third-order valence-corrected chi connectivity index (χ3v) is 4.03. The van der Waals surface area contributed by atoms with Crippen molar-refractivity contribution in [1.82, 2.24) is 5.32 Å². The highest BCUT2D eigenvalue weighted by molar-refractivity contribution is 9.10. The Bertz CT molecular complexity index is 439. The van der Waals surface area contributed by atoms with E-state index >= 15 is 0 Å². The van der Waals surface area contributed by atoms with Gasteiger partial charge >= 0.3 is 0 Å². The summed E-state index contributed by atoms with van der Waals surface area (Å²) >= 11 is 3.61. The number of nitrogens with one attached hydrogen (secondary N) is 1.